The number of anilines is 1. The second-order valence-corrected chi connectivity index (χ2v) is 6.07. The summed E-state index contributed by atoms with van der Waals surface area (Å²) in [6.45, 7) is 1.71. The number of carbonyl (C=O) groups is 1. The number of hydrogen-bond donors (Lipinski definition) is 1. The zero-order valence-electron chi connectivity index (χ0n) is 13.1. The normalized spacial score (nSPS) is 16.6. The number of hydrogen-bond acceptors (Lipinski definition) is 5. The molecule has 0 aromatic heterocycles. The number of nitro groups is 1. The molecule has 2 rings (SSSR count). The Morgan fingerprint density at radius 1 is 1.28 bits per heavy atom. The molecule has 7 nitrogen and oxygen atoms in total. The molecular formula is C14H16ClF3N4O3. The lowest BCUT2D eigenvalue weighted by atomic mass is 10.1. The molecule has 1 saturated heterocycles. The summed E-state index contributed by atoms with van der Waals surface area (Å²) in [5.74, 6) is -0.489. The molecule has 0 radical (unpaired) electrons. The maximum absolute atomic E-state index is 12.9. The van der Waals surface area contributed by atoms with Gasteiger partial charge < -0.3 is 10.6 Å². The van der Waals surface area contributed by atoms with Gasteiger partial charge in [0.1, 0.15) is 5.69 Å². The molecule has 1 aliphatic heterocycles. The molecular weight excluding hydrogens is 365 g/mol. The van der Waals surface area contributed by atoms with Crippen molar-refractivity contribution in [2.75, 3.05) is 37.6 Å². The molecule has 1 fully saturated rings. The van der Waals surface area contributed by atoms with Gasteiger partial charge in [0.25, 0.3) is 5.69 Å². The van der Waals surface area contributed by atoms with Crippen LogP contribution < -0.4 is 10.6 Å². The second-order valence-electron chi connectivity index (χ2n) is 5.66. The molecule has 25 heavy (non-hydrogen) atoms. The minimum Gasteiger partial charge on any atom is -0.369 e. The molecule has 0 aliphatic carbocycles. The third-order valence-corrected chi connectivity index (χ3v) is 4.19. The number of primary amides is 1. The summed E-state index contributed by atoms with van der Waals surface area (Å²) >= 11 is 5.71. The van der Waals surface area contributed by atoms with Crippen LogP contribution in [0.4, 0.5) is 24.5 Å². The predicted octanol–water partition coefficient (Wildman–Crippen LogP) is 2.26. The highest BCUT2D eigenvalue weighted by atomic mass is 35.5. The van der Waals surface area contributed by atoms with E-state index in [2.05, 4.69) is 0 Å². The number of amides is 1. The minimum atomic E-state index is -4.78. The topological polar surface area (TPSA) is 92.7 Å². The molecule has 0 atom stereocenters. The molecule has 1 heterocycles. The molecule has 0 spiro atoms. The van der Waals surface area contributed by atoms with Gasteiger partial charge in [0, 0.05) is 32.2 Å². The molecule has 1 aliphatic rings. The highest BCUT2D eigenvalue weighted by Crippen LogP contribution is 2.41. The molecule has 1 amide bonds. The first-order valence-corrected chi connectivity index (χ1v) is 7.78. The van der Waals surface area contributed by atoms with Crippen molar-refractivity contribution >= 4 is 28.9 Å². The van der Waals surface area contributed by atoms with Crippen molar-refractivity contribution in [2.45, 2.75) is 12.6 Å². The molecule has 0 saturated carbocycles. The number of nitrogens with two attached hydrogens (primary N) is 1. The van der Waals surface area contributed by atoms with Gasteiger partial charge in [-0.15, -0.1) is 0 Å². The Hall–Kier alpha value is -2.07. The number of nitro benzene ring substituents is 1. The maximum atomic E-state index is 12.9. The summed E-state index contributed by atoms with van der Waals surface area (Å²) in [4.78, 5) is 24.8. The highest BCUT2D eigenvalue weighted by Gasteiger charge is 2.37. The molecule has 0 unspecified atom stereocenters. The Morgan fingerprint density at radius 3 is 2.52 bits per heavy atom. The van der Waals surface area contributed by atoms with Crippen LogP contribution in [0.25, 0.3) is 0 Å². The molecule has 0 bridgehead atoms. The largest absolute Gasteiger partial charge is 0.418 e. The summed E-state index contributed by atoms with van der Waals surface area (Å²) in [6.07, 6.45) is -4.21. The Bertz CT molecular complexity index is 684. The molecule has 1 aromatic carbocycles. The van der Waals surface area contributed by atoms with E-state index in [9.17, 15) is 28.1 Å². The zero-order valence-corrected chi connectivity index (χ0v) is 13.8. The smallest absolute Gasteiger partial charge is 0.369 e. The van der Waals surface area contributed by atoms with Crippen molar-refractivity contribution in [3.63, 3.8) is 0 Å². The van der Waals surface area contributed by atoms with E-state index < -0.39 is 33.3 Å². The van der Waals surface area contributed by atoms with E-state index >= 15 is 0 Å². The second kappa shape index (κ2) is 7.44. The zero-order chi connectivity index (χ0) is 18.8. The minimum absolute atomic E-state index is 0.0314. The van der Waals surface area contributed by atoms with E-state index in [1.54, 1.807) is 9.80 Å². The summed E-state index contributed by atoms with van der Waals surface area (Å²) in [5, 5.41) is 10.7. The van der Waals surface area contributed by atoms with Gasteiger partial charge in [-0.25, -0.2) is 0 Å². The Balaban J connectivity index is 2.33. The first-order chi connectivity index (χ1) is 11.6. The van der Waals surface area contributed by atoms with Crippen molar-refractivity contribution in [2.24, 2.45) is 5.73 Å². The average Bonchev–Trinajstić information content (AvgIpc) is 2.70. The van der Waals surface area contributed by atoms with E-state index in [0.29, 0.717) is 38.7 Å². The molecule has 1 aromatic rings. The van der Waals surface area contributed by atoms with Gasteiger partial charge in [0.15, 0.2) is 0 Å². The van der Waals surface area contributed by atoms with Gasteiger partial charge in [-0.05, 0) is 12.5 Å². The SMILES string of the molecule is NC(=O)CN1CCCN(c2cc(Cl)c(C(F)(F)F)cc2[N+](=O)[O-])CC1. The molecule has 2 N–H and O–H groups in total. The van der Waals surface area contributed by atoms with E-state index in [-0.39, 0.29) is 12.2 Å². The lowest BCUT2D eigenvalue weighted by Gasteiger charge is -2.24. The number of benzene rings is 1. The summed E-state index contributed by atoms with van der Waals surface area (Å²) in [5.41, 5.74) is 3.29. The Kier molecular flexibility index (Phi) is 5.73. The van der Waals surface area contributed by atoms with Crippen LogP contribution in [0.5, 0.6) is 0 Å². The lowest BCUT2D eigenvalue weighted by molar-refractivity contribution is -0.384. The summed E-state index contributed by atoms with van der Waals surface area (Å²) in [7, 11) is 0. The fourth-order valence-corrected chi connectivity index (χ4v) is 3.02. The van der Waals surface area contributed by atoms with Crippen LogP contribution in [-0.4, -0.2) is 48.5 Å². The third kappa shape index (κ3) is 4.73. The van der Waals surface area contributed by atoms with Crippen LogP contribution in [0.3, 0.4) is 0 Å². The number of nitrogens with zero attached hydrogens (tertiary/aromatic N) is 3. The fraction of sp³-hybridized carbons (Fsp3) is 0.500. The Morgan fingerprint density at radius 2 is 1.96 bits per heavy atom. The van der Waals surface area contributed by atoms with Crippen LogP contribution >= 0.6 is 11.6 Å². The first-order valence-electron chi connectivity index (χ1n) is 7.40. The van der Waals surface area contributed by atoms with Crippen LogP contribution in [0, 0.1) is 10.1 Å². The van der Waals surface area contributed by atoms with E-state index in [4.69, 9.17) is 17.3 Å². The van der Waals surface area contributed by atoms with Gasteiger partial charge in [-0.2, -0.15) is 13.2 Å². The number of alkyl halides is 3. The van der Waals surface area contributed by atoms with E-state index in [0.717, 1.165) is 6.07 Å². The Labute approximate surface area is 146 Å². The standard InChI is InChI=1S/C14H16ClF3N4O3/c15-10-7-11(12(22(24)25)6-9(10)14(16,17)18)21-3-1-2-20(4-5-21)8-13(19)23/h6-7H,1-5,8H2,(H2,19,23). The van der Waals surface area contributed by atoms with Crippen LogP contribution in [0.1, 0.15) is 12.0 Å². The van der Waals surface area contributed by atoms with Crippen LogP contribution in [-0.2, 0) is 11.0 Å². The fourth-order valence-electron chi connectivity index (χ4n) is 2.76. The van der Waals surface area contributed by atoms with Crippen LogP contribution in [0.2, 0.25) is 5.02 Å². The van der Waals surface area contributed by atoms with Crippen molar-refractivity contribution in [3.05, 3.63) is 32.8 Å². The van der Waals surface area contributed by atoms with Crippen molar-refractivity contribution in [1.29, 1.82) is 0 Å². The van der Waals surface area contributed by atoms with Gasteiger partial charge in [-0.1, -0.05) is 11.6 Å². The quantitative estimate of drug-likeness (QED) is 0.639. The van der Waals surface area contributed by atoms with Crippen molar-refractivity contribution in [3.8, 4) is 0 Å². The molecule has 138 valence electrons. The van der Waals surface area contributed by atoms with Gasteiger partial charge >= 0.3 is 6.18 Å². The lowest BCUT2D eigenvalue weighted by Crippen LogP contribution is -2.36. The number of halogens is 4. The average molecular weight is 381 g/mol. The maximum Gasteiger partial charge on any atom is 0.418 e. The number of rotatable bonds is 4. The highest BCUT2D eigenvalue weighted by molar-refractivity contribution is 6.31. The summed E-state index contributed by atoms with van der Waals surface area (Å²) < 4.78 is 38.8. The van der Waals surface area contributed by atoms with E-state index in [1.165, 1.54) is 0 Å². The predicted molar refractivity (Wildman–Crippen MR) is 85.6 cm³/mol. The van der Waals surface area contributed by atoms with Crippen LogP contribution in [0.15, 0.2) is 12.1 Å². The monoisotopic (exact) mass is 380 g/mol. The van der Waals surface area contributed by atoms with Gasteiger partial charge in [0.2, 0.25) is 5.91 Å². The summed E-state index contributed by atoms with van der Waals surface area (Å²) in [6, 6.07) is 1.44. The van der Waals surface area contributed by atoms with Gasteiger partial charge in [0.05, 0.1) is 22.1 Å². The van der Waals surface area contributed by atoms with E-state index in [1.807, 2.05) is 0 Å². The van der Waals surface area contributed by atoms with Gasteiger partial charge in [-0.3, -0.25) is 19.8 Å². The van der Waals surface area contributed by atoms with Crippen molar-refractivity contribution < 1.29 is 22.9 Å². The third-order valence-electron chi connectivity index (χ3n) is 3.87. The molecule has 11 heteroatoms. The first kappa shape index (κ1) is 19.3. The number of carbonyl (C=O) groups excluding carboxylic acids is 1. The van der Waals surface area contributed by atoms with Crippen molar-refractivity contribution in [1.82, 2.24) is 4.90 Å².